The summed E-state index contributed by atoms with van der Waals surface area (Å²) in [5.41, 5.74) is 11.8. The van der Waals surface area contributed by atoms with Crippen LogP contribution in [0.2, 0.25) is 5.02 Å². The van der Waals surface area contributed by atoms with Crippen molar-refractivity contribution in [1.82, 2.24) is 5.32 Å². The number of anilines is 1. The van der Waals surface area contributed by atoms with Crippen LogP contribution in [-0.2, 0) is 5.54 Å². The van der Waals surface area contributed by atoms with Crippen molar-refractivity contribution in [2.24, 2.45) is 5.73 Å². The average molecular weight is 226 g/mol. The lowest BCUT2D eigenvalue weighted by Gasteiger charge is -2.17. The number of nitrogens with one attached hydrogen (secondary N) is 1. The van der Waals surface area contributed by atoms with Crippen LogP contribution in [0.4, 0.5) is 10.5 Å². The highest BCUT2D eigenvalue weighted by atomic mass is 35.5. The lowest BCUT2D eigenvalue weighted by Crippen LogP contribution is -2.38. The Morgan fingerprint density at radius 1 is 1.47 bits per heavy atom. The quantitative estimate of drug-likeness (QED) is 0.668. The SMILES string of the molecule is NC(=O)NC1(c2ccc(N)cc2Cl)CC1. The van der Waals surface area contributed by atoms with E-state index in [9.17, 15) is 4.79 Å². The Hall–Kier alpha value is -1.42. The fraction of sp³-hybridized carbons (Fsp3) is 0.300. The van der Waals surface area contributed by atoms with E-state index in [2.05, 4.69) is 5.32 Å². The summed E-state index contributed by atoms with van der Waals surface area (Å²) in [6.45, 7) is 0. The monoisotopic (exact) mass is 225 g/mol. The van der Waals surface area contributed by atoms with Gasteiger partial charge in [-0.15, -0.1) is 0 Å². The van der Waals surface area contributed by atoms with E-state index in [1.165, 1.54) is 0 Å². The van der Waals surface area contributed by atoms with Crippen molar-refractivity contribution in [3.8, 4) is 0 Å². The second-order valence-electron chi connectivity index (χ2n) is 3.81. The Kier molecular flexibility index (Phi) is 2.23. The van der Waals surface area contributed by atoms with E-state index in [0.29, 0.717) is 10.7 Å². The zero-order valence-electron chi connectivity index (χ0n) is 8.09. The molecular formula is C10H12ClN3O. The number of primary amides is 1. The molecule has 0 bridgehead atoms. The van der Waals surface area contributed by atoms with Gasteiger partial charge in [0.2, 0.25) is 0 Å². The lowest BCUT2D eigenvalue weighted by molar-refractivity contribution is 0.244. The number of nitrogen functional groups attached to an aromatic ring is 1. The van der Waals surface area contributed by atoms with E-state index < -0.39 is 6.03 Å². The molecule has 1 aromatic rings. The third kappa shape index (κ3) is 1.85. The summed E-state index contributed by atoms with van der Waals surface area (Å²) in [6.07, 6.45) is 1.72. The Morgan fingerprint density at radius 2 is 2.13 bits per heavy atom. The molecule has 1 aromatic carbocycles. The molecule has 1 aliphatic rings. The van der Waals surface area contributed by atoms with Gasteiger partial charge in [0, 0.05) is 10.7 Å². The Bertz CT molecular complexity index is 415. The first-order valence-electron chi connectivity index (χ1n) is 4.67. The molecule has 0 spiro atoms. The highest BCUT2D eigenvalue weighted by Crippen LogP contribution is 2.48. The van der Waals surface area contributed by atoms with Gasteiger partial charge in [-0.2, -0.15) is 0 Å². The molecule has 5 N–H and O–H groups in total. The maximum absolute atomic E-state index is 10.8. The van der Waals surface area contributed by atoms with Crippen molar-refractivity contribution < 1.29 is 4.79 Å². The summed E-state index contributed by atoms with van der Waals surface area (Å²) in [4.78, 5) is 10.8. The zero-order valence-corrected chi connectivity index (χ0v) is 8.84. The molecule has 1 saturated carbocycles. The Labute approximate surface area is 92.6 Å². The lowest BCUT2D eigenvalue weighted by atomic mass is 10.0. The minimum absolute atomic E-state index is 0.364. The minimum Gasteiger partial charge on any atom is -0.399 e. The molecule has 1 aliphatic carbocycles. The number of carbonyl (C=O) groups is 1. The van der Waals surface area contributed by atoms with Crippen molar-refractivity contribution in [2.75, 3.05) is 5.73 Å². The molecule has 1 fully saturated rings. The zero-order chi connectivity index (χ0) is 11.1. The fourth-order valence-corrected chi connectivity index (χ4v) is 2.11. The van der Waals surface area contributed by atoms with Gasteiger partial charge in [-0.05, 0) is 30.5 Å². The number of nitrogens with two attached hydrogens (primary N) is 2. The Balaban J connectivity index is 2.33. The summed E-state index contributed by atoms with van der Waals surface area (Å²) < 4.78 is 0. The van der Waals surface area contributed by atoms with Gasteiger partial charge in [0.25, 0.3) is 0 Å². The summed E-state index contributed by atoms with van der Waals surface area (Å²) in [5.74, 6) is 0. The van der Waals surface area contributed by atoms with Crippen molar-refractivity contribution in [1.29, 1.82) is 0 Å². The number of carbonyl (C=O) groups excluding carboxylic acids is 1. The number of urea groups is 1. The third-order valence-corrected chi connectivity index (χ3v) is 2.93. The van der Waals surface area contributed by atoms with Gasteiger partial charge >= 0.3 is 6.03 Å². The summed E-state index contributed by atoms with van der Waals surface area (Å²) >= 11 is 6.07. The fourth-order valence-electron chi connectivity index (χ4n) is 1.74. The molecule has 5 heteroatoms. The third-order valence-electron chi connectivity index (χ3n) is 2.62. The van der Waals surface area contributed by atoms with E-state index in [1.54, 1.807) is 12.1 Å². The van der Waals surface area contributed by atoms with Crippen molar-refractivity contribution in [2.45, 2.75) is 18.4 Å². The van der Waals surface area contributed by atoms with Crippen LogP contribution < -0.4 is 16.8 Å². The molecule has 0 heterocycles. The molecular weight excluding hydrogens is 214 g/mol. The maximum Gasteiger partial charge on any atom is 0.312 e. The number of hydrogen-bond donors (Lipinski definition) is 3. The molecule has 2 amide bonds. The summed E-state index contributed by atoms with van der Waals surface area (Å²) in [7, 11) is 0. The summed E-state index contributed by atoms with van der Waals surface area (Å²) in [6, 6.07) is 4.75. The van der Waals surface area contributed by atoms with Crippen LogP contribution >= 0.6 is 11.6 Å². The second-order valence-corrected chi connectivity index (χ2v) is 4.22. The standard InChI is InChI=1S/C10H12ClN3O/c11-8-5-6(12)1-2-7(8)10(3-4-10)14-9(13)15/h1-2,5H,3-4,12H2,(H3,13,14,15). The molecule has 0 atom stereocenters. The molecule has 0 unspecified atom stereocenters. The summed E-state index contributed by atoms with van der Waals surface area (Å²) in [5, 5.41) is 3.29. The van der Waals surface area contributed by atoms with E-state index in [4.69, 9.17) is 23.1 Å². The number of hydrogen-bond acceptors (Lipinski definition) is 2. The second kappa shape index (κ2) is 3.31. The molecule has 15 heavy (non-hydrogen) atoms. The number of amides is 2. The first-order valence-corrected chi connectivity index (χ1v) is 5.04. The number of benzene rings is 1. The minimum atomic E-state index is -0.527. The highest BCUT2D eigenvalue weighted by molar-refractivity contribution is 6.31. The molecule has 80 valence electrons. The van der Waals surface area contributed by atoms with Gasteiger partial charge in [-0.1, -0.05) is 17.7 Å². The van der Waals surface area contributed by atoms with Crippen molar-refractivity contribution in [3.63, 3.8) is 0 Å². The van der Waals surface area contributed by atoms with Gasteiger partial charge in [0.15, 0.2) is 0 Å². The van der Waals surface area contributed by atoms with Gasteiger partial charge in [0.1, 0.15) is 0 Å². The first kappa shape index (κ1) is 10.1. The van der Waals surface area contributed by atoms with E-state index in [-0.39, 0.29) is 5.54 Å². The van der Waals surface area contributed by atoms with Crippen molar-refractivity contribution >= 4 is 23.3 Å². The predicted octanol–water partition coefficient (Wildman–Crippen LogP) is 1.58. The highest BCUT2D eigenvalue weighted by Gasteiger charge is 2.46. The molecule has 0 aliphatic heterocycles. The van der Waals surface area contributed by atoms with Crippen LogP contribution in [0.1, 0.15) is 18.4 Å². The van der Waals surface area contributed by atoms with Crippen LogP contribution in [0.5, 0.6) is 0 Å². The van der Waals surface area contributed by atoms with Gasteiger partial charge in [-0.3, -0.25) is 0 Å². The first-order chi connectivity index (χ1) is 7.03. The van der Waals surface area contributed by atoms with Gasteiger partial charge < -0.3 is 16.8 Å². The largest absolute Gasteiger partial charge is 0.399 e. The van der Waals surface area contributed by atoms with Crippen LogP contribution in [-0.4, -0.2) is 6.03 Å². The molecule has 0 aromatic heterocycles. The number of rotatable bonds is 2. The van der Waals surface area contributed by atoms with Crippen LogP contribution in [0.15, 0.2) is 18.2 Å². The smallest absolute Gasteiger partial charge is 0.312 e. The van der Waals surface area contributed by atoms with Gasteiger partial charge in [-0.25, -0.2) is 4.79 Å². The van der Waals surface area contributed by atoms with Crippen LogP contribution in [0.3, 0.4) is 0 Å². The van der Waals surface area contributed by atoms with E-state index >= 15 is 0 Å². The van der Waals surface area contributed by atoms with Crippen molar-refractivity contribution in [3.05, 3.63) is 28.8 Å². The van der Waals surface area contributed by atoms with Crippen LogP contribution in [0.25, 0.3) is 0 Å². The number of halogens is 1. The maximum atomic E-state index is 10.8. The average Bonchev–Trinajstić information content (AvgIpc) is 2.83. The predicted molar refractivity (Wildman–Crippen MR) is 59.5 cm³/mol. The Morgan fingerprint density at radius 3 is 2.60 bits per heavy atom. The van der Waals surface area contributed by atoms with E-state index in [0.717, 1.165) is 18.4 Å². The topological polar surface area (TPSA) is 81.1 Å². The molecule has 2 rings (SSSR count). The molecule has 0 radical (unpaired) electrons. The molecule has 4 nitrogen and oxygen atoms in total. The normalized spacial score (nSPS) is 17.1. The van der Waals surface area contributed by atoms with E-state index in [1.807, 2.05) is 6.07 Å². The van der Waals surface area contributed by atoms with Gasteiger partial charge in [0.05, 0.1) is 5.54 Å². The van der Waals surface area contributed by atoms with Crippen LogP contribution in [0, 0.1) is 0 Å². The molecule has 0 saturated heterocycles.